The molecule has 0 saturated heterocycles. The van der Waals surface area contributed by atoms with Gasteiger partial charge in [-0.05, 0) is 47.2 Å². The van der Waals surface area contributed by atoms with Crippen LogP contribution in [0.5, 0.6) is 0 Å². The molecular formula is C20H15NO. The molecule has 2 heteroatoms. The summed E-state index contributed by atoms with van der Waals surface area (Å²) < 4.78 is 0. The van der Waals surface area contributed by atoms with Crippen LogP contribution in [0.15, 0.2) is 66.7 Å². The Kier molecular flexibility index (Phi) is 3.89. The number of amides is 1. The maximum atomic E-state index is 11.5. The van der Waals surface area contributed by atoms with Crippen molar-refractivity contribution in [1.29, 1.82) is 0 Å². The summed E-state index contributed by atoms with van der Waals surface area (Å²) in [5, 5.41) is 5.00. The van der Waals surface area contributed by atoms with Gasteiger partial charge in [0.05, 0.1) is 0 Å². The summed E-state index contributed by atoms with van der Waals surface area (Å²) in [6.07, 6.45) is 0. The lowest BCUT2D eigenvalue weighted by Crippen LogP contribution is -2.17. The standard InChI is InChI=1S/C20H15NO/c1-21-20(22)18-12-8-15(9-13-18)6-7-16-10-11-17-4-2-3-5-19(17)14-16/h2-5,8-14H,1H3,(H,21,22). The zero-order chi connectivity index (χ0) is 15.4. The Morgan fingerprint density at radius 3 is 2.18 bits per heavy atom. The molecule has 0 heterocycles. The zero-order valence-electron chi connectivity index (χ0n) is 12.3. The molecule has 3 aromatic rings. The van der Waals surface area contributed by atoms with Crippen LogP contribution in [0.3, 0.4) is 0 Å². The van der Waals surface area contributed by atoms with Crippen LogP contribution >= 0.6 is 0 Å². The predicted octanol–water partition coefficient (Wildman–Crippen LogP) is 3.60. The van der Waals surface area contributed by atoms with Crippen LogP contribution in [-0.2, 0) is 0 Å². The highest BCUT2D eigenvalue weighted by Gasteiger charge is 2.00. The van der Waals surface area contributed by atoms with Crippen LogP contribution in [0, 0.1) is 11.8 Å². The van der Waals surface area contributed by atoms with Crippen molar-refractivity contribution < 1.29 is 4.79 Å². The van der Waals surface area contributed by atoms with Gasteiger partial charge in [0.15, 0.2) is 0 Å². The molecule has 3 aromatic carbocycles. The van der Waals surface area contributed by atoms with E-state index >= 15 is 0 Å². The molecule has 22 heavy (non-hydrogen) atoms. The van der Waals surface area contributed by atoms with Crippen molar-refractivity contribution in [2.24, 2.45) is 0 Å². The van der Waals surface area contributed by atoms with E-state index in [1.54, 1.807) is 19.2 Å². The summed E-state index contributed by atoms with van der Waals surface area (Å²) >= 11 is 0. The Labute approximate surface area is 129 Å². The van der Waals surface area contributed by atoms with E-state index in [1.807, 2.05) is 30.3 Å². The van der Waals surface area contributed by atoms with Crippen LogP contribution in [0.25, 0.3) is 10.8 Å². The van der Waals surface area contributed by atoms with Crippen LogP contribution in [0.1, 0.15) is 21.5 Å². The van der Waals surface area contributed by atoms with E-state index in [0.717, 1.165) is 11.1 Å². The van der Waals surface area contributed by atoms with E-state index in [4.69, 9.17) is 0 Å². The molecule has 0 fully saturated rings. The summed E-state index contributed by atoms with van der Waals surface area (Å²) in [6.45, 7) is 0. The van der Waals surface area contributed by atoms with Gasteiger partial charge in [-0.25, -0.2) is 0 Å². The average molecular weight is 285 g/mol. The van der Waals surface area contributed by atoms with Gasteiger partial charge in [0, 0.05) is 23.7 Å². The van der Waals surface area contributed by atoms with Gasteiger partial charge >= 0.3 is 0 Å². The van der Waals surface area contributed by atoms with E-state index < -0.39 is 0 Å². The normalized spacial score (nSPS) is 9.86. The first-order chi connectivity index (χ1) is 10.8. The van der Waals surface area contributed by atoms with Gasteiger partial charge in [-0.2, -0.15) is 0 Å². The Bertz CT molecular complexity index is 883. The molecule has 106 valence electrons. The molecule has 0 radical (unpaired) electrons. The molecule has 2 nitrogen and oxygen atoms in total. The highest BCUT2D eigenvalue weighted by Crippen LogP contribution is 2.15. The lowest BCUT2D eigenvalue weighted by atomic mass is 10.1. The molecule has 0 atom stereocenters. The third kappa shape index (κ3) is 2.99. The lowest BCUT2D eigenvalue weighted by molar-refractivity contribution is 0.0963. The van der Waals surface area contributed by atoms with E-state index in [2.05, 4.69) is 41.4 Å². The fourth-order valence-corrected chi connectivity index (χ4v) is 2.26. The predicted molar refractivity (Wildman–Crippen MR) is 89.8 cm³/mol. The van der Waals surface area contributed by atoms with Gasteiger partial charge in [-0.1, -0.05) is 42.2 Å². The summed E-state index contributed by atoms with van der Waals surface area (Å²) in [6, 6.07) is 21.7. The first-order valence-electron chi connectivity index (χ1n) is 7.09. The number of carbonyl (C=O) groups excluding carboxylic acids is 1. The van der Waals surface area contributed by atoms with E-state index in [9.17, 15) is 4.79 Å². The second-order valence-corrected chi connectivity index (χ2v) is 4.97. The number of rotatable bonds is 1. The van der Waals surface area contributed by atoms with Crippen LogP contribution in [0.4, 0.5) is 0 Å². The number of nitrogens with one attached hydrogen (secondary N) is 1. The molecule has 0 unspecified atom stereocenters. The number of hydrogen-bond donors (Lipinski definition) is 1. The van der Waals surface area contributed by atoms with Crippen molar-refractivity contribution >= 4 is 16.7 Å². The fraction of sp³-hybridized carbons (Fsp3) is 0.0500. The molecule has 1 N–H and O–H groups in total. The third-order valence-electron chi connectivity index (χ3n) is 3.47. The van der Waals surface area contributed by atoms with Gasteiger partial charge in [-0.15, -0.1) is 0 Å². The van der Waals surface area contributed by atoms with Crippen LogP contribution < -0.4 is 5.32 Å². The van der Waals surface area contributed by atoms with Crippen molar-refractivity contribution in [3.05, 3.63) is 83.4 Å². The van der Waals surface area contributed by atoms with Crippen LogP contribution in [0.2, 0.25) is 0 Å². The molecule has 1 amide bonds. The van der Waals surface area contributed by atoms with Gasteiger partial charge in [-0.3, -0.25) is 4.79 Å². The second-order valence-electron chi connectivity index (χ2n) is 4.97. The van der Waals surface area contributed by atoms with Crippen LogP contribution in [-0.4, -0.2) is 13.0 Å². The van der Waals surface area contributed by atoms with Gasteiger partial charge in [0.25, 0.3) is 5.91 Å². The minimum absolute atomic E-state index is 0.0889. The summed E-state index contributed by atoms with van der Waals surface area (Å²) in [7, 11) is 1.62. The molecule has 0 aliphatic rings. The number of fused-ring (bicyclic) bond motifs is 1. The molecule has 0 aliphatic carbocycles. The minimum atomic E-state index is -0.0889. The zero-order valence-corrected chi connectivity index (χ0v) is 12.3. The quantitative estimate of drug-likeness (QED) is 0.680. The Balaban J connectivity index is 1.86. The van der Waals surface area contributed by atoms with Crippen molar-refractivity contribution in [2.45, 2.75) is 0 Å². The number of benzene rings is 3. The van der Waals surface area contributed by atoms with E-state index in [0.29, 0.717) is 5.56 Å². The summed E-state index contributed by atoms with van der Waals surface area (Å²) in [4.78, 5) is 11.5. The van der Waals surface area contributed by atoms with E-state index in [1.165, 1.54) is 10.8 Å². The Morgan fingerprint density at radius 1 is 0.818 bits per heavy atom. The summed E-state index contributed by atoms with van der Waals surface area (Å²) in [5.74, 6) is 6.20. The largest absolute Gasteiger partial charge is 0.355 e. The van der Waals surface area contributed by atoms with E-state index in [-0.39, 0.29) is 5.91 Å². The monoisotopic (exact) mass is 285 g/mol. The van der Waals surface area contributed by atoms with Crippen molar-refractivity contribution in [1.82, 2.24) is 5.32 Å². The Hall–Kier alpha value is -3.05. The lowest BCUT2D eigenvalue weighted by Gasteiger charge is -1.99. The van der Waals surface area contributed by atoms with Crippen molar-refractivity contribution in [2.75, 3.05) is 7.05 Å². The van der Waals surface area contributed by atoms with Gasteiger partial charge in [0.1, 0.15) is 0 Å². The average Bonchev–Trinajstić information content (AvgIpc) is 2.59. The minimum Gasteiger partial charge on any atom is -0.355 e. The third-order valence-corrected chi connectivity index (χ3v) is 3.47. The number of carbonyl (C=O) groups is 1. The molecule has 0 bridgehead atoms. The first kappa shape index (κ1) is 13.9. The fourth-order valence-electron chi connectivity index (χ4n) is 2.26. The highest BCUT2D eigenvalue weighted by atomic mass is 16.1. The number of hydrogen-bond acceptors (Lipinski definition) is 1. The molecule has 3 rings (SSSR count). The molecule has 0 aliphatic heterocycles. The SMILES string of the molecule is CNC(=O)c1ccc(C#Cc2ccc3ccccc3c2)cc1. The highest BCUT2D eigenvalue weighted by molar-refractivity contribution is 5.94. The molecule has 0 spiro atoms. The Morgan fingerprint density at radius 2 is 1.45 bits per heavy atom. The first-order valence-corrected chi connectivity index (χ1v) is 7.09. The molecule has 0 saturated carbocycles. The maximum absolute atomic E-state index is 11.5. The van der Waals surface area contributed by atoms with Crippen molar-refractivity contribution in [3.8, 4) is 11.8 Å². The second kappa shape index (κ2) is 6.15. The maximum Gasteiger partial charge on any atom is 0.251 e. The smallest absolute Gasteiger partial charge is 0.251 e. The van der Waals surface area contributed by atoms with Gasteiger partial charge in [0.2, 0.25) is 0 Å². The molecule has 0 aromatic heterocycles. The topological polar surface area (TPSA) is 29.1 Å². The van der Waals surface area contributed by atoms with Gasteiger partial charge < -0.3 is 5.32 Å². The summed E-state index contributed by atoms with van der Waals surface area (Å²) in [5.41, 5.74) is 2.51. The molecular weight excluding hydrogens is 270 g/mol. The van der Waals surface area contributed by atoms with Crippen molar-refractivity contribution in [3.63, 3.8) is 0 Å².